The van der Waals surface area contributed by atoms with Gasteiger partial charge in [0.2, 0.25) is 11.1 Å². The Kier molecular flexibility index (Phi) is 6.85. The van der Waals surface area contributed by atoms with Crippen molar-refractivity contribution >= 4 is 40.9 Å². The molecule has 0 bridgehead atoms. The number of para-hydroxylation sites is 1. The molecule has 1 amide bonds. The van der Waals surface area contributed by atoms with Crippen molar-refractivity contribution in [3.05, 3.63) is 111 Å². The quantitative estimate of drug-likeness (QED) is 0.277. The molecule has 3 aromatic carbocycles. The van der Waals surface area contributed by atoms with Crippen molar-refractivity contribution in [1.29, 1.82) is 0 Å². The van der Waals surface area contributed by atoms with E-state index in [0.29, 0.717) is 21.7 Å². The molecule has 6 nitrogen and oxygen atoms in total. The second-order valence-corrected chi connectivity index (χ2v) is 10.2. The summed E-state index contributed by atoms with van der Waals surface area (Å²) in [6.07, 6.45) is 0. The average molecular weight is 516 g/mol. The largest absolute Gasteiger partial charge is 0.328 e. The standard InChI is InChI=1S/C28H26ClN5OS/c1-17-12-13-18(2)21(14-17)16-36-28-32-27-30-19(3)24(26(35)31-23-10-5-4-6-11-23)25(34(27)33-28)20-8-7-9-22(29)15-20/h4-15,25H,16H2,1-3H3,(H,31,35)(H,30,32,33)/t25-/m0/s1. The molecule has 2 N–H and O–H groups in total. The molecule has 4 aromatic rings. The lowest BCUT2D eigenvalue weighted by Gasteiger charge is -2.28. The van der Waals surface area contributed by atoms with Gasteiger partial charge in [0, 0.05) is 22.2 Å². The van der Waals surface area contributed by atoms with Crippen LogP contribution in [0.2, 0.25) is 5.02 Å². The third kappa shape index (κ3) is 5.03. The van der Waals surface area contributed by atoms with Crippen molar-refractivity contribution in [1.82, 2.24) is 14.8 Å². The number of benzene rings is 3. The molecule has 1 aromatic heterocycles. The van der Waals surface area contributed by atoms with Crippen LogP contribution in [-0.2, 0) is 10.5 Å². The fraction of sp³-hybridized carbons (Fsp3) is 0.179. The van der Waals surface area contributed by atoms with Crippen LogP contribution in [0.25, 0.3) is 0 Å². The number of aryl methyl sites for hydroxylation is 2. The number of fused-ring (bicyclic) bond motifs is 1. The fourth-order valence-corrected chi connectivity index (χ4v) is 5.38. The van der Waals surface area contributed by atoms with Crippen LogP contribution in [0.5, 0.6) is 0 Å². The molecule has 182 valence electrons. The minimum Gasteiger partial charge on any atom is -0.328 e. The molecule has 1 aliphatic heterocycles. The topological polar surface area (TPSA) is 71.8 Å². The van der Waals surface area contributed by atoms with Crippen LogP contribution >= 0.6 is 23.4 Å². The predicted octanol–water partition coefficient (Wildman–Crippen LogP) is 6.77. The summed E-state index contributed by atoms with van der Waals surface area (Å²) in [6, 6.07) is 22.9. The summed E-state index contributed by atoms with van der Waals surface area (Å²) >= 11 is 7.93. The zero-order chi connectivity index (χ0) is 25.2. The lowest BCUT2D eigenvalue weighted by Crippen LogP contribution is -2.31. The number of thioether (sulfide) groups is 1. The van der Waals surface area contributed by atoms with E-state index >= 15 is 0 Å². The van der Waals surface area contributed by atoms with Crippen molar-refractivity contribution in [3.8, 4) is 0 Å². The number of nitrogens with one attached hydrogen (secondary N) is 2. The molecule has 0 saturated carbocycles. The normalized spacial score (nSPS) is 14.8. The highest BCUT2D eigenvalue weighted by Crippen LogP contribution is 2.37. The van der Waals surface area contributed by atoms with Crippen molar-refractivity contribution in [2.75, 3.05) is 10.6 Å². The summed E-state index contributed by atoms with van der Waals surface area (Å²) in [7, 11) is 0. The van der Waals surface area contributed by atoms with E-state index in [1.54, 1.807) is 16.4 Å². The van der Waals surface area contributed by atoms with Crippen LogP contribution in [0.3, 0.4) is 0 Å². The van der Waals surface area contributed by atoms with Crippen molar-refractivity contribution in [3.63, 3.8) is 0 Å². The first-order valence-corrected chi connectivity index (χ1v) is 13.0. The minimum absolute atomic E-state index is 0.207. The number of nitrogens with zero attached hydrogens (tertiary/aromatic N) is 3. The van der Waals surface area contributed by atoms with Gasteiger partial charge in [0.25, 0.3) is 5.91 Å². The first-order chi connectivity index (χ1) is 17.4. The monoisotopic (exact) mass is 515 g/mol. The van der Waals surface area contributed by atoms with Gasteiger partial charge in [-0.3, -0.25) is 4.79 Å². The maximum Gasteiger partial charge on any atom is 0.255 e. The van der Waals surface area contributed by atoms with Crippen LogP contribution in [0.4, 0.5) is 11.6 Å². The molecule has 0 spiro atoms. The Balaban J connectivity index is 1.49. The summed E-state index contributed by atoms with van der Waals surface area (Å²) in [5.74, 6) is 1.14. The Morgan fingerprint density at radius 2 is 1.86 bits per heavy atom. The van der Waals surface area contributed by atoms with Gasteiger partial charge in [0.15, 0.2) is 0 Å². The smallest absolute Gasteiger partial charge is 0.255 e. The van der Waals surface area contributed by atoms with Gasteiger partial charge in [-0.1, -0.05) is 77.5 Å². The van der Waals surface area contributed by atoms with E-state index in [-0.39, 0.29) is 5.91 Å². The summed E-state index contributed by atoms with van der Waals surface area (Å²) in [6.45, 7) is 6.10. The summed E-state index contributed by atoms with van der Waals surface area (Å²) in [5.41, 5.74) is 6.59. The van der Waals surface area contributed by atoms with Crippen molar-refractivity contribution < 1.29 is 4.79 Å². The van der Waals surface area contributed by atoms with E-state index in [0.717, 1.165) is 22.7 Å². The SMILES string of the molecule is CC1=C(C(=O)Nc2ccccc2)[C@H](c2cccc(Cl)c2)n2nc(SCc3cc(C)ccc3C)nc2N1. The molecule has 36 heavy (non-hydrogen) atoms. The number of anilines is 2. The number of amides is 1. The first-order valence-electron chi connectivity index (χ1n) is 11.6. The van der Waals surface area contributed by atoms with E-state index < -0.39 is 6.04 Å². The van der Waals surface area contributed by atoms with Crippen LogP contribution in [0.15, 0.2) is 89.2 Å². The Hall–Kier alpha value is -3.55. The van der Waals surface area contributed by atoms with Crippen LogP contribution in [-0.4, -0.2) is 20.7 Å². The van der Waals surface area contributed by atoms with Gasteiger partial charge in [-0.2, -0.15) is 4.98 Å². The Bertz CT molecular complexity index is 1460. The molecule has 0 saturated heterocycles. The van der Waals surface area contributed by atoms with Crippen LogP contribution in [0, 0.1) is 13.8 Å². The zero-order valence-electron chi connectivity index (χ0n) is 20.2. The van der Waals surface area contributed by atoms with Gasteiger partial charge >= 0.3 is 0 Å². The molecular formula is C28H26ClN5OS. The fourth-order valence-electron chi connectivity index (χ4n) is 4.29. The van der Waals surface area contributed by atoms with Gasteiger partial charge in [-0.25, -0.2) is 4.68 Å². The van der Waals surface area contributed by atoms with E-state index in [2.05, 4.69) is 42.7 Å². The Labute approximate surface area is 219 Å². The number of aromatic nitrogens is 3. The molecule has 2 heterocycles. The minimum atomic E-state index is -0.480. The highest BCUT2D eigenvalue weighted by atomic mass is 35.5. The third-order valence-corrected chi connectivity index (χ3v) is 7.26. The third-order valence-electron chi connectivity index (χ3n) is 6.14. The zero-order valence-corrected chi connectivity index (χ0v) is 21.8. The Morgan fingerprint density at radius 3 is 2.64 bits per heavy atom. The number of carbonyl (C=O) groups is 1. The van der Waals surface area contributed by atoms with E-state index in [1.807, 2.05) is 61.5 Å². The number of allylic oxidation sites excluding steroid dienone is 1. The number of carbonyl (C=O) groups excluding carboxylic acids is 1. The summed E-state index contributed by atoms with van der Waals surface area (Å²) in [4.78, 5) is 18.3. The molecular weight excluding hydrogens is 490 g/mol. The van der Waals surface area contributed by atoms with Gasteiger partial charge in [0.05, 0.1) is 5.57 Å². The summed E-state index contributed by atoms with van der Waals surface area (Å²) < 4.78 is 1.78. The molecule has 0 unspecified atom stereocenters. The predicted molar refractivity (Wildman–Crippen MR) is 146 cm³/mol. The average Bonchev–Trinajstić information content (AvgIpc) is 3.26. The first kappa shape index (κ1) is 24.2. The van der Waals surface area contributed by atoms with Crippen molar-refractivity contribution in [2.45, 2.75) is 37.7 Å². The van der Waals surface area contributed by atoms with Crippen LogP contribution < -0.4 is 10.6 Å². The molecule has 0 radical (unpaired) electrons. The van der Waals surface area contributed by atoms with Crippen molar-refractivity contribution in [2.24, 2.45) is 0 Å². The number of hydrogen-bond donors (Lipinski definition) is 2. The Morgan fingerprint density at radius 1 is 1.06 bits per heavy atom. The lowest BCUT2D eigenvalue weighted by molar-refractivity contribution is -0.113. The molecule has 8 heteroatoms. The van der Waals surface area contributed by atoms with E-state index in [9.17, 15) is 4.79 Å². The number of halogens is 1. The maximum atomic E-state index is 13.5. The molecule has 0 fully saturated rings. The maximum absolute atomic E-state index is 13.5. The van der Waals surface area contributed by atoms with E-state index in [4.69, 9.17) is 21.7 Å². The summed E-state index contributed by atoms with van der Waals surface area (Å²) in [5, 5.41) is 12.4. The molecule has 5 rings (SSSR count). The van der Waals surface area contributed by atoms with E-state index in [1.165, 1.54) is 16.7 Å². The molecule has 1 atom stereocenters. The van der Waals surface area contributed by atoms with Gasteiger partial charge < -0.3 is 10.6 Å². The van der Waals surface area contributed by atoms with Gasteiger partial charge in [0.1, 0.15) is 6.04 Å². The highest BCUT2D eigenvalue weighted by molar-refractivity contribution is 7.98. The highest BCUT2D eigenvalue weighted by Gasteiger charge is 2.34. The number of rotatable bonds is 6. The second kappa shape index (κ2) is 10.2. The second-order valence-electron chi connectivity index (χ2n) is 8.82. The van der Waals surface area contributed by atoms with Crippen LogP contribution in [0.1, 0.15) is 35.2 Å². The number of hydrogen-bond acceptors (Lipinski definition) is 5. The van der Waals surface area contributed by atoms with Gasteiger partial charge in [-0.15, -0.1) is 5.10 Å². The lowest BCUT2D eigenvalue weighted by atomic mass is 9.95. The van der Waals surface area contributed by atoms with Gasteiger partial charge in [-0.05, 0) is 61.7 Å². The molecule has 1 aliphatic rings. The molecule has 0 aliphatic carbocycles.